The number of benzene rings is 4. The van der Waals surface area contributed by atoms with Gasteiger partial charge in [-0.2, -0.15) is 0 Å². The molecule has 1 aliphatic rings. The van der Waals surface area contributed by atoms with E-state index in [-0.39, 0.29) is 71.2 Å². The van der Waals surface area contributed by atoms with Crippen LogP contribution in [0.5, 0.6) is 17.2 Å². The van der Waals surface area contributed by atoms with Gasteiger partial charge in [0, 0.05) is 47.8 Å². The molecule has 14 nitrogen and oxygen atoms in total. The Hall–Kier alpha value is -6.29. The molecule has 2 amide bonds. The van der Waals surface area contributed by atoms with Crippen molar-refractivity contribution in [1.29, 1.82) is 0 Å². The number of fused-ring (bicyclic) bond motifs is 1. The Labute approximate surface area is 313 Å². The van der Waals surface area contributed by atoms with E-state index in [2.05, 4.69) is 20.9 Å². The van der Waals surface area contributed by atoms with Crippen molar-refractivity contribution in [1.82, 2.24) is 20.9 Å². The van der Waals surface area contributed by atoms with Gasteiger partial charge in [0.15, 0.2) is 18.2 Å². The molecule has 0 bridgehead atoms. The van der Waals surface area contributed by atoms with Crippen LogP contribution in [0.15, 0.2) is 95.8 Å². The molecule has 55 heavy (non-hydrogen) atoms. The van der Waals surface area contributed by atoms with Gasteiger partial charge in [-0.05, 0) is 54.3 Å². The summed E-state index contributed by atoms with van der Waals surface area (Å²) in [6.45, 7) is -0.255. The second-order valence-corrected chi connectivity index (χ2v) is 13.2. The van der Waals surface area contributed by atoms with Crippen LogP contribution in [-0.4, -0.2) is 75.5 Å². The van der Waals surface area contributed by atoms with Gasteiger partial charge in [0.2, 0.25) is 11.2 Å². The highest BCUT2D eigenvalue weighted by atomic mass is 19.1. The molecule has 0 radical (unpaired) electrons. The lowest BCUT2D eigenvalue weighted by molar-refractivity contribution is -0.155. The van der Waals surface area contributed by atoms with Crippen LogP contribution >= 0.6 is 0 Å². The minimum Gasteiger partial charge on any atom is -0.506 e. The van der Waals surface area contributed by atoms with Crippen molar-refractivity contribution in [2.45, 2.75) is 43.2 Å². The maximum atomic E-state index is 15.5. The summed E-state index contributed by atoms with van der Waals surface area (Å²) in [6.07, 6.45) is -0.250. The summed E-state index contributed by atoms with van der Waals surface area (Å²) in [7, 11) is 1.28. The molecule has 8 N–H and O–H groups in total. The minimum absolute atomic E-state index is 0.0383. The molecule has 6 rings (SSSR count). The van der Waals surface area contributed by atoms with Crippen molar-refractivity contribution in [2.24, 2.45) is 0 Å². The molecule has 1 saturated carbocycles. The fraction of sp³-hybridized carbons (Fsp3) is 0.250. The van der Waals surface area contributed by atoms with Crippen LogP contribution in [0.4, 0.5) is 4.39 Å². The number of methoxy groups -OCH3 is 1. The first-order chi connectivity index (χ1) is 26.4. The molecule has 5 aromatic rings. The Kier molecular flexibility index (Phi) is 11.4. The van der Waals surface area contributed by atoms with Crippen LogP contribution in [0.3, 0.4) is 0 Å². The van der Waals surface area contributed by atoms with E-state index in [1.165, 1.54) is 67.8 Å². The number of ether oxygens (including phenoxy) is 2. The maximum Gasteiger partial charge on any atom is 0.345 e. The number of phenols is 1. The maximum absolute atomic E-state index is 15.5. The fourth-order valence-electron chi connectivity index (χ4n) is 6.57. The Balaban J connectivity index is 0.975. The predicted octanol–water partition coefficient (Wildman–Crippen LogP) is 2.98. The normalized spacial score (nSPS) is 16.7. The van der Waals surface area contributed by atoms with E-state index in [0.717, 1.165) is 0 Å². The number of aliphatic hydroxyl groups is 2. The lowest BCUT2D eigenvalue weighted by Crippen LogP contribution is -2.54. The number of halogens is 1. The van der Waals surface area contributed by atoms with Gasteiger partial charge in [-0.15, -0.1) is 0 Å². The molecule has 0 unspecified atom stereocenters. The summed E-state index contributed by atoms with van der Waals surface area (Å²) in [5.41, 5.74) is -1.67. The lowest BCUT2D eigenvalue weighted by Gasteiger charge is -2.36. The Morgan fingerprint density at radius 1 is 0.945 bits per heavy atom. The van der Waals surface area contributed by atoms with Crippen molar-refractivity contribution in [2.75, 3.05) is 20.3 Å². The number of aromatic amines is 1. The van der Waals surface area contributed by atoms with Crippen molar-refractivity contribution < 1.29 is 48.7 Å². The Morgan fingerprint density at radius 3 is 2.40 bits per heavy atom. The third-order valence-electron chi connectivity index (χ3n) is 9.51. The molecular weight excluding hydrogens is 715 g/mol. The van der Waals surface area contributed by atoms with Crippen molar-refractivity contribution >= 4 is 28.7 Å². The molecule has 1 heterocycles. The van der Waals surface area contributed by atoms with Crippen molar-refractivity contribution in [3.8, 4) is 17.2 Å². The number of aromatic hydroxyl groups is 1. The third kappa shape index (κ3) is 8.28. The first-order valence-electron chi connectivity index (χ1n) is 17.3. The average molecular weight is 755 g/mol. The quantitative estimate of drug-likeness (QED) is 0.0777. The Bertz CT molecular complexity index is 2280. The molecule has 1 aliphatic carbocycles. The summed E-state index contributed by atoms with van der Waals surface area (Å²) >= 11 is 0. The highest BCUT2D eigenvalue weighted by Gasteiger charge is 2.40. The van der Waals surface area contributed by atoms with E-state index in [0.29, 0.717) is 29.4 Å². The second kappa shape index (κ2) is 16.4. The standard InChI is InChI=1S/C40H39FN4O10/c1-54-37-22(19-42-20-32(47)28-12-14-31(46)36-29(28)13-15-33(48)45-36)10-11-30(35(37)41)38(50)44-26-17-25(18-26)43-34(49)21-55-27-9-5-8-24(16-27)40(53,39(51)52)23-6-3-2-4-7-23/h2-16,25-26,32,42,46-47,53H,17-21H2,1H3,(H,43,49)(H,44,50)(H,45,48)(H,51,52)/t25?,26?,32-,40-/m0/s1. The smallest absolute Gasteiger partial charge is 0.345 e. The molecule has 1 fully saturated rings. The van der Waals surface area contributed by atoms with Crippen LogP contribution in [0.2, 0.25) is 0 Å². The van der Waals surface area contributed by atoms with E-state index in [1.54, 1.807) is 30.3 Å². The number of carbonyl (C=O) groups excluding carboxylic acids is 2. The van der Waals surface area contributed by atoms with Crippen LogP contribution in [0.25, 0.3) is 10.9 Å². The van der Waals surface area contributed by atoms with Gasteiger partial charge in [0.25, 0.3) is 11.8 Å². The molecule has 0 saturated heterocycles. The fourth-order valence-corrected chi connectivity index (χ4v) is 6.57. The number of hydrogen-bond acceptors (Lipinski definition) is 10. The molecule has 0 aliphatic heterocycles. The number of carboxylic acid groups (broad SMARTS) is 1. The zero-order valence-electron chi connectivity index (χ0n) is 29.5. The number of aromatic nitrogens is 1. The highest BCUT2D eigenvalue weighted by molar-refractivity contribution is 5.95. The number of rotatable bonds is 15. The molecule has 286 valence electrons. The lowest BCUT2D eigenvalue weighted by atomic mass is 9.86. The molecule has 1 aromatic heterocycles. The summed E-state index contributed by atoms with van der Waals surface area (Å²) in [4.78, 5) is 52.0. The molecule has 15 heteroatoms. The number of carboxylic acids is 1. The average Bonchev–Trinajstić information content (AvgIpc) is 3.16. The van der Waals surface area contributed by atoms with Gasteiger partial charge in [-0.25, -0.2) is 9.18 Å². The van der Waals surface area contributed by atoms with Gasteiger partial charge >= 0.3 is 5.97 Å². The number of H-pyrrole nitrogens is 1. The van der Waals surface area contributed by atoms with Crippen molar-refractivity contribution in [3.05, 3.63) is 135 Å². The highest BCUT2D eigenvalue weighted by Crippen LogP contribution is 2.33. The number of carbonyl (C=O) groups is 3. The van der Waals surface area contributed by atoms with Gasteiger partial charge < -0.3 is 50.8 Å². The first kappa shape index (κ1) is 38.4. The van der Waals surface area contributed by atoms with Gasteiger partial charge in [0.05, 0.1) is 24.3 Å². The van der Waals surface area contributed by atoms with Crippen LogP contribution in [0, 0.1) is 5.82 Å². The molecular formula is C40H39FN4O10. The number of aliphatic carboxylic acids is 1. The third-order valence-corrected chi connectivity index (χ3v) is 9.51. The summed E-state index contributed by atoms with van der Waals surface area (Å²) in [5, 5.41) is 51.0. The van der Waals surface area contributed by atoms with Crippen molar-refractivity contribution in [3.63, 3.8) is 0 Å². The van der Waals surface area contributed by atoms with E-state index in [9.17, 15) is 39.6 Å². The number of pyridine rings is 1. The van der Waals surface area contributed by atoms with E-state index in [4.69, 9.17) is 9.47 Å². The zero-order valence-corrected chi connectivity index (χ0v) is 29.5. The van der Waals surface area contributed by atoms with E-state index < -0.39 is 40.9 Å². The predicted molar refractivity (Wildman–Crippen MR) is 197 cm³/mol. The second-order valence-electron chi connectivity index (χ2n) is 13.2. The summed E-state index contributed by atoms with van der Waals surface area (Å²) < 4.78 is 26.4. The molecule has 2 atom stereocenters. The Morgan fingerprint density at radius 2 is 1.67 bits per heavy atom. The van der Waals surface area contributed by atoms with Crippen LogP contribution < -0.4 is 31.0 Å². The number of aliphatic hydroxyl groups excluding tert-OH is 1. The van der Waals surface area contributed by atoms with Gasteiger partial charge in [-0.3, -0.25) is 14.4 Å². The van der Waals surface area contributed by atoms with Crippen LogP contribution in [-0.2, 0) is 21.7 Å². The molecule has 4 aromatic carbocycles. The largest absolute Gasteiger partial charge is 0.506 e. The number of hydrogen-bond donors (Lipinski definition) is 8. The number of phenolic OH excluding ortho intramolecular Hbond substituents is 1. The van der Waals surface area contributed by atoms with Crippen LogP contribution in [0.1, 0.15) is 51.6 Å². The van der Waals surface area contributed by atoms with E-state index in [1.807, 2.05) is 0 Å². The topological polar surface area (TPSA) is 220 Å². The monoisotopic (exact) mass is 754 g/mol. The SMILES string of the molecule is COc1c(CNC[C@H](O)c2ccc(O)c3[nH]c(=O)ccc23)ccc(C(=O)NC2CC(NC(=O)COc3cccc([C@](O)(C(=O)O)c4ccccc4)c3)C2)c1F. The van der Waals surface area contributed by atoms with Gasteiger partial charge in [-0.1, -0.05) is 54.6 Å². The number of amides is 2. The summed E-state index contributed by atoms with van der Waals surface area (Å²) in [5.74, 6) is -3.52. The minimum atomic E-state index is -2.33. The van der Waals surface area contributed by atoms with E-state index >= 15 is 4.39 Å². The first-order valence-corrected chi connectivity index (χ1v) is 17.3. The number of nitrogens with one attached hydrogen (secondary N) is 4. The van der Waals surface area contributed by atoms with Gasteiger partial charge in [0.1, 0.15) is 11.5 Å². The summed E-state index contributed by atoms with van der Waals surface area (Å²) in [6, 6.07) is 21.8. The zero-order chi connectivity index (χ0) is 39.3. The molecule has 0 spiro atoms.